The number of aromatic nitrogens is 3. The smallest absolute Gasteiger partial charge is 0.378 e. The first-order chi connectivity index (χ1) is 14.0. The summed E-state index contributed by atoms with van der Waals surface area (Å²) in [7, 11) is 0. The van der Waals surface area contributed by atoms with Crippen molar-refractivity contribution in [3.63, 3.8) is 0 Å². The molecule has 1 aliphatic carbocycles. The van der Waals surface area contributed by atoms with Crippen molar-refractivity contribution in [1.82, 2.24) is 14.9 Å². The predicted molar refractivity (Wildman–Crippen MR) is 108 cm³/mol. The van der Waals surface area contributed by atoms with E-state index < -0.39 is 11.5 Å². The van der Waals surface area contributed by atoms with Crippen LogP contribution in [-0.2, 0) is 11.3 Å². The fourth-order valence-electron chi connectivity index (χ4n) is 3.76. The van der Waals surface area contributed by atoms with E-state index in [2.05, 4.69) is 16.5 Å². The van der Waals surface area contributed by atoms with E-state index in [1.807, 2.05) is 19.9 Å². The van der Waals surface area contributed by atoms with Crippen LogP contribution in [0.3, 0.4) is 0 Å². The fourth-order valence-corrected chi connectivity index (χ4v) is 3.76. The van der Waals surface area contributed by atoms with Crippen molar-refractivity contribution in [2.24, 2.45) is 11.8 Å². The second kappa shape index (κ2) is 8.02. The summed E-state index contributed by atoms with van der Waals surface area (Å²) in [5.74, 6) is -0.145. The first-order valence-electron chi connectivity index (χ1n) is 10.4. The topological polar surface area (TPSA) is 99.7 Å². The van der Waals surface area contributed by atoms with E-state index >= 15 is 0 Å². The van der Waals surface area contributed by atoms with Gasteiger partial charge in [0, 0.05) is 19.3 Å². The van der Waals surface area contributed by atoms with Crippen molar-refractivity contribution in [3.05, 3.63) is 33.8 Å². The number of H-pyrrole nitrogens is 1. The van der Waals surface area contributed by atoms with E-state index in [0.717, 1.165) is 44.5 Å². The Morgan fingerprint density at radius 3 is 2.76 bits per heavy atom. The van der Waals surface area contributed by atoms with E-state index in [1.165, 1.54) is 4.52 Å². The Labute approximate surface area is 169 Å². The largest absolute Gasteiger partial charge is 0.477 e. The lowest BCUT2D eigenvalue weighted by molar-refractivity contribution is -0.686. The molecule has 1 aliphatic heterocycles. The summed E-state index contributed by atoms with van der Waals surface area (Å²) in [6, 6.07) is 0.0992. The third-order valence-electron chi connectivity index (χ3n) is 5.47. The molecule has 1 amide bonds. The highest BCUT2D eigenvalue weighted by molar-refractivity contribution is 5.96. The van der Waals surface area contributed by atoms with Gasteiger partial charge in [0.25, 0.3) is 5.91 Å². The molecular weight excluding hydrogens is 372 g/mol. The number of nitrogens with zero attached hydrogens (tertiary/aromatic N) is 2. The molecule has 29 heavy (non-hydrogen) atoms. The highest BCUT2D eigenvalue weighted by atomic mass is 16.5. The molecule has 2 aliphatic rings. The van der Waals surface area contributed by atoms with Gasteiger partial charge in [-0.2, -0.15) is 4.57 Å². The van der Waals surface area contributed by atoms with Gasteiger partial charge in [-0.05, 0) is 43.6 Å². The molecule has 0 radical (unpaired) electrons. The number of ether oxygens (including phenoxy) is 1. The molecule has 3 N–H and O–H groups in total. The number of allylic oxidation sites excluding steroid dienone is 1. The van der Waals surface area contributed by atoms with Crippen LogP contribution in [0, 0.1) is 11.8 Å². The third-order valence-corrected chi connectivity index (χ3v) is 5.47. The van der Waals surface area contributed by atoms with Crippen molar-refractivity contribution < 1.29 is 19.2 Å². The fraction of sp³-hybridized carbons (Fsp3) is 0.571. The van der Waals surface area contributed by atoms with Crippen LogP contribution < -0.4 is 15.4 Å². The van der Waals surface area contributed by atoms with Gasteiger partial charge < -0.3 is 15.2 Å². The molecule has 8 heteroatoms. The second-order valence-corrected chi connectivity index (χ2v) is 8.45. The van der Waals surface area contributed by atoms with E-state index in [-0.39, 0.29) is 23.4 Å². The van der Waals surface area contributed by atoms with Crippen molar-refractivity contribution in [1.29, 1.82) is 0 Å². The zero-order valence-electron chi connectivity index (χ0n) is 17.0. The normalized spacial score (nSPS) is 18.2. The number of amides is 1. The minimum Gasteiger partial charge on any atom is -0.477 e. The first kappa shape index (κ1) is 19.7. The first-order valence-corrected chi connectivity index (χ1v) is 10.4. The Morgan fingerprint density at radius 1 is 1.38 bits per heavy atom. The summed E-state index contributed by atoms with van der Waals surface area (Å²) in [6.07, 6.45) is 9.63. The average Bonchev–Trinajstić information content (AvgIpc) is 3.40. The van der Waals surface area contributed by atoms with Gasteiger partial charge in [0.2, 0.25) is 5.56 Å². The number of hydrogen-bond acceptors (Lipinski definition) is 4. The lowest BCUT2D eigenvalue weighted by atomic mass is 9.99. The molecule has 156 valence electrons. The summed E-state index contributed by atoms with van der Waals surface area (Å²) in [5, 5.41) is 16.7. The number of fused-ring (bicyclic) bond motifs is 1. The SMILES string of the molecule is CC(C)C[n+]1c(O)c(C(=O)NC2CC2)c(=O)n2[nH]cc(/C=C/C3CCOCC3)c21. The molecule has 0 bridgehead atoms. The zero-order valence-corrected chi connectivity index (χ0v) is 17.0. The van der Waals surface area contributed by atoms with Crippen LogP contribution in [0.15, 0.2) is 17.1 Å². The van der Waals surface area contributed by atoms with E-state index in [9.17, 15) is 14.7 Å². The highest BCUT2D eigenvalue weighted by Gasteiger charge is 2.34. The standard InChI is InChI=1S/C21H28N4O4/c1-13(2)12-24-19-15(4-3-14-7-9-29-10-8-14)11-22-25(19)21(28)17(20(24)27)18(26)23-16-5-6-16/h3-4,11,13-14,16H,5-10,12H2,1-2H3,(H2,23,26,27,28)/p+1/b4-3+. The van der Waals surface area contributed by atoms with Gasteiger partial charge in [-0.25, -0.2) is 9.89 Å². The predicted octanol–water partition coefficient (Wildman–Crippen LogP) is 1.61. The molecule has 1 saturated carbocycles. The molecular formula is C21H29N4O4+. The summed E-state index contributed by atoms with van der Waals surface area (Å²) < 4.78 is 8.42. The summed E-state index contributed by atoms with van der Waals surface area (Å²) in [5.41, 5.74) is 0.615. The molecule has 4 rings (SSSR count). The van der Waals surface area contributed by atoms with E-state index in [0.29, 0.717) is 18.1 Å². The van der Waals surface area contributed by atoms with Crippen LogP contribution in [0.4, 0.5) is 0 Å². The zero-order chi connectivity index (χ0) is 20.5. The van der Waals surface area contributed by atoms with Crippen LogP contribution in [0.5, 0.6) is 5.88 Å². The molecule has 2 fully saturated rings. The summed E-state index contributed by atoms with van der Waals surface area (Å²) in [6.45, 7) is 6.06. The number of aromatic amines is 1. The Kier molecular flexibility index (Phi) is 5.45. The minimum atomic E-state index is -0.540. The monoisotopic (exact) mass is 401 g/mol. The number of aromatic hydroxyl groups is 1. The molecule has 0 unspecified atom stereocenters. The van der Waals surface area contributed by atoms with Crippen molar-refractivity contribution in [3.8, 4) is 5.88 Å². The Hall–Kier alpha value is -2.61. The molecule has 0 aromatic carbocycles. The van der Waals surface area contributed by atoms with E-state index in [4.69, 9.17) is 4.74 Å². The van der Waals surface area contributed by atoms with Gasteiger partial charge in [-0.1, -0.05) is 24.4 Å². The van der Waals surface area contributed by atoms with Crippen LogP contribution in [0.2, 0.25) is 0 Å². The molecule has 2 aromatic heterocycles. The van der Waals surface area contributed by atoms with Crippen LogP contribution in [-0.4, -0.2) is 39.9 Å². The lowest BCUT2D eigenvalue weighted by Crippen LogP contribution is -2.46. The molecule has 0 spiro atoms. The maximum Gasteiger partial charge on any atom is 0.378 e. The number of carbonyl (C=O) groups excluding carboxylic acids is 1. The number of nitrogens with one attached hydrogen (secondary N) is 2. The van der Waals surface area contributed by atoms with E-state index in [1.54, 1.807) is 10.8 Å². The van der Waals surface area contributed by atoms with Gasteiger partial charge in [0.05, 0.1) is 18.3 Å². The quantitative estimate of drug-likeness (QED) is 0.640. The Morgan fingerprint density at radius 2 is 2.10 bits per heavy atom. The van der Waals surface area contributed by atoms with Crippen LogP contribution in [0.25, 0.3) is 11.7 Å². The highest BCUT2D eigenvalue weighted by Crippen LogP contribution is 2.22. The maximum absolute atomic E-state index is 13.0. The minimum absolute atomic E-state index is 0.0992. The molecule has 2 aromatic rings. The van der Waals surface area contributed by atoms with Gasteiger partial charge in [-0.3, -0.25) is 4.79 Å². The summed E-state index contributed by atoms with van der Waals surface area (Å²) >= 11 is 0. The van der Waals surface area contributed by atoms with Crippen molar-refractivity contribution in [2.45, 2.75) is 52.1 Å². The molecule has 8 nitrogen and oxygen atoms in total. The van der Waals surface area contributed by atoms with Gasteiger partial charge in [0.15, 0.2) is 0 Å². The van der Waals surface area contributed by atoms with Gasteiger partial charge in [0.1, 0.15) is 0 Å². The second-order valence-electron chi connectivity index (χ2n) is 8.45. The average molecular weight is 401 g/mol. The van der Waals surface area contributed by atoms with Crippen LogP contribution >= 0.6 is 0 Å². The lowest BCUT2D eigenvalue weighted by Gasteiger charge is -2.18. The van der Waals surface area contributed by atoms with Crippen LogP contribution in [0.1, 0.15) is 55.5 Å². The Balaban J connectivity index is 1.79. The molecule has 1 saturated heterocycles. The third kappa shape index (κ3) is 4.07. The molecule has 0 atom stereocenters. The van der Waals surface area contributed by atoms with Crippen molar-refractivity contribution >= 4 is 17.6 Å². The van der Waals surface area contributed by atoms with Crippen molar-refractivity contribution in [2.75, 3.05) is 13.2 Å². The number of carbonyl (C=O) groups is 1. The van der Waals surface area contributed by atoms with Gasteiger partial charge in [-0.15, -0.1) is 0 Å². The molecule has 3 heterocycles. The number of rotatable bonds is 6. The number of hydrogen-bond donors (Lipinski definition) is 3. The maximum atomic E-state index is 13.0. The van der Waals surface area contributed by atoms with Gasteiger partial charge >= 0.3 is 17.1 Å². The summed E-state index contributed by atoms with van der Waals surface area (Å²) in [4.78, 5) is 25.6. The Bertz CT molecular complexity index is 994.